The van der Waals surface area contributed by atoms with Gasteiger partial charge in [0.15, 0.2) is 5.43 Å². The monoisotopic (exact) mass is 163 g/mol. The van der Waals surface area contributed by atoms with E-state index in [0.29, 0.717) is 0 Å². The Balaban J connectivity index is 3.09. The van der Waals surface area contributed by atoms with Crippen LogP contribution < -0.4 is 5.43 Å². The van der Waals surface area contributed by atoms with Crippen molar-refractivity contribution in [3.8, 4) is 0 Å². The zero-order valence-electron chi connectivity index (χ0n) is 5.65. The lowest BCUT2D eigenvalue weighted by Gasteiger charge is -1.72. The van der Waals surface area contributed by atoms with Crippen LogP contribution in [0, 0.1) is 0 Å². The van der Waals surface area contributed by atoms with Crippen LogP contribution in [-0.2, 0) is 0 Å². The fourth-order valence-electron chi connectivity index (χ4n) is 0.936. The lowest BCUT2D eigenvalue weighted by Crippen LogP contribution is -1.91. The van der Waals surface area contributed by atoms with Gasteiger partial charge in [-0.15, -0.1) is 11.3 Å². The molecule has 54 valence electrons. The maximum Gasteiger partial charge on any atom is 0.188 e. The van der Waals surface area contributed by atoms with E-state index in [9.17, 15) is 4.79 Å². The summed E-state index contributed by atoms with van der Waals surface area (Å²) in [6, 6.07) is 3.30. The second-order valence-electron chi connectivity index (χ2n) is 2.16. The van der Waals surface area contributed by atoms with Crippen LogP contribution in [0.5, 0.6) is 0 Å². The maximum absolute atomic E-state index is 11.2. The van der Waals surface area contributed by atoms with Crippen molar-refractivity contribution in [2.75, 3.05) is 0 Å². The van der Waals surface area contributed by atoms with Gasteiger partial charge in [-0.3, -0.25) is 9.78 Å². The van der Waals surface area contributed by atoms with E-state index in [1.807, 2.05) is 11.4 Å². The van der Waals surface area contributed by atoms with Crippen molar-refractivity contribution in [3.05, 3.63) is 40.1 Å². The summed E-state index contributed by atoms with van der Waals surface area (Å²) in [4.78, 5) is 15.1. The van der Waals surface area contributed by atoms with Crippen LogP contribution in [0.2, 0.25) is 0 Å². The Morgan fingerprint density at radius 2 is 2.27 bits per heavy atom. The average Bonchev–Trinajstić information content (AvgIpc) is 2.40. The van der Waals surface area contributed by atoms with Crippen molar-refractivity contribution >= 4 is 21.4 Å². The molecule has 0 unspecified atom stereocenters. The number of thiophene rings is 1. The number of rotatable bonds is 0. The lowest BCUT2D eigenvalue weighted by atomic mass is 10.3. The van der Waals surface area contributed by atoms with E-state index < -0.39 is 0 Å². The molecule has 0 radical (unpaired) electrons. The topological polar surface area (TPSA) is 30.0 Å². The summed E-state index contributed by atoms with van der Waals surface area (Å²) in [5.41, 5.74) is 0.0405. The van der Waals surface area contributed by atoms with Gasteiger partial charge >= 0.3 is 0 Å². The molecular weight excluding hydrogens is 158 g/mol. The van der Waals surface area contributed by atoms with Crippen LogP contribution in [0.3, 0.4) is 0 Å². The van der Waals surface area contributed by atoms with Crippen molar-refractivity contribution < 1.29 is 0 Å². The predicted octanol–water partition coefficient (Wildman–Crippen LogP) is 1.66. The molecule has 0 bridgehead atoms. The van der Waals surface area contributed by atoms with Gasteiger partial charge in [-0.1, -0.05) is 0 Å². The minimum absolute atomic E-state index is 0.0405. The Morgan fingerprint density at radius 1 is 1.36 bits per heavy atom. The molecule has 0 aromatic carbocycles. The van der Waals surface area contributed by atoms with E-state index in [-0.39, 0.29) is 5.43 Å². The van der Waals surface area contributed by atoms with E-state index in [0.717, 1.165) is 10.1 Å². The van der Waals surface area contributed by atoms with Gasteiger partial charge in [0.1, 0.15) is 0 Å². The first-order valence-corrected chi connectivity index (χ1v) is 4.07. The molecule has 0 amide bonds. The number of fused-ring (bicyclic) bond motifs is 1. The fourth-order valence-corrected chi connectivity index (χ4v) is 1.70. The van der Waals surface area contributed by atoms with Gasteiger partial charge in [-0.05, 0) is 11.4 Å². The zero-order valence-corrected chi connectivity index (χ0v) is 6.47. The molecule has 2 rings (SSSR count). The Bertz CT molecular complexity index is 435. The SMILES string of the molecule is O=c1ccncc2sccc12. The molecule has 0 aliphatic carbocycles. The van der Waals surface area contributed by atoms with Crippen LogP contribution in [0.15, 0.2) is 34.7 Å². The fraction of sp³-hybridized carbons (Fsp3) is 0. The van der Waals surface area contributed by atoms with Crippen LogP contribution in [-0.4, -0.2) is 4.98 Å². The average molecular weight is 163 g/mol. The van der Waals surface area contributed by atoms with Crippen molar-refractivity contribution in [2.24, 2.45) is 0 Å². The molecule has 0 spiro atoms. The third kappa shape index (κ3) is 1.03. The second-order valence-corrected chi connectivity index (χ2v) is 3.10. The molecular formula is C8H5NOS. The summed E-state index contributed by atoms with van der Waals surface area (Å²) in [6.45, 7) is 0. The number of hydrogen-bond acceptors (Lipinski definition) is 3. The Kier molecular flexibility index (Phi) is 1.43. The molecule has 0 N–H and O–H groups in total. The largest absolute Gasteiger partial charge is 0.289 e. The normalized spacial score (nSPS) is 10.2. The standard InChI is InChI=1S/C8H5NOS/c10-7-1-3-9-5-8-6(7)2-4-11-8/h1-5H. The van der Waals surface area contributed by atoms with Crippen LogP contribution in [0.4, 0.5) is 0 Å². The number of nitrogens with zero attached hydrogens (tertiary/aromatic N) is 1. The third-order valence-corrected chi connectivity index (χ3v) is 2.32. The Labute approximate surface area is 67.1 Å². The summed E-state index contributed by atoms with van der Waals surface area (Å²) >= 11 is 1.53. The summed E-state index contributed by atoms with van der Waals surface area (Å²) in [5.74, 6) is 0. The first kappa shape index (κ1) is 6.49. The highest BCUT2D eigenvalue weighted by Gasteiger charge is 1.94. The third-order valence-electron chi connectivity index (χ3n) is 1.46. The van der Waals surface area contributed by atoms with Crippen molar-refractivity contribution in [1.82, 2.24) is 4.98 Å². The smallest absolute Gasteiger partial charge is 0.188 e. The van der Waals surface area contributed by atoms with Gasteiger partial charge in [-0.2, -0.15) is 0 Å². The molecule has 0 aliphatic heterocycles. The summed E-state index contributed by atoms with van der Waals surface area (Å²) < 4.78 is 0.944. The van der Waals surface area contributed by atoms with Crippen molar-refractivity contribution in [3.63, 3.8) is 0 Å². The zero-order chi connectivity index (χ0) is 7.68. The molecule has 0 aliphatic rings. The minimum atomic E-state index is 0.0405. The highest BCUT2D eigenvalue weighted by atomic mass is 32.1. The molecule has 3 heteroatoms. The summed E-state index contributed by atoms with van der Waals surface area (Å²) in [6.07, 6.45) is 3.23. The molecule has 2 aromatic heterocycles. The van der Waals surface area contributed by atoms with Gasteiger partial charge in [0.25, 0.3) is 0 Å². The van der Waals surface area contributed by atoms with Gasteiger partial charge in [0, 0.05) is 23.8 Å². The first-order valence-electron chi connectivity index (χ1n) is 3.19. The summed E-state index contributed by atoms with van der Waals surface area (Å²) in [7, 11) is 0. The van der Waals surface area contributed by atoms with Crippen LogP contribution >= 0.6 is 11.3 Å². The Morgan fingerprint density at radius 3 is 3.18 bits per heavy atom. The highest BCUT2D eigenvalue weighted by molar-refractivity contribution is 7.17. The lowest BCUT2D eigenvalue weighted by molar-refractivity contribution is 1.38. The van der Waals surface area contributed by atoms with Gasteiger partial charge in [-0.25, -0.2) is 0 Å². The highest BCUT2D eigenvalue weighted by Crippen LogP contribution is 2.14. The van der Waals surface area contributed by atoms with E-state index in [2.05, 4.69) is 4.98 Å². The number of aromatic nitrogens is 1. The summed E-state index contributed by atoms with van der Waals surface area (Å²) in [5, 5.41) is 2.65. The van der Waals surface area contributed by atoms with E-state index in [1.54, 1.807) is 6.20 Å². The van der Waals surface area contributed by atoms with E-state index in [4.69, 9.17) is 0 Å². The molecule has 2 heterocycles. The van der Waals surface area contributed by atoms with Crippen LogP contribution in [0.25, 0.3) is 10.1 Å². The predicted molar refractivity (Wildman–Crippen MR) is 45.9 cm³/mol. The molecule has 11 heavy (non-hydrogen) atoms. The molecule has 0 saturated carbocycles. The first-order chi connectivity index (χ1) is 5.38. The maximum atomic E-state index is 11.2. The van der Waals surface area contributed by atoms with Gasteiger partial charge in [0.05, 0.1) is 4.70 Å². The molecule has 2 aromatic rings. The van der Waals surface area contributed by atoms with Crippen molar-refractivity contribution in [2.45, 2.75) is 0 Å². The van der Waals surface area contributed by atoms with Gasteiger partial charge < -0.3 is 0 Å². The van der Waals surface area contributed by atoms with Crippen LogP contribution in [0.1, 0.15) is 0 Å². The minimum Gasteiger partial charge on any atom is -0.289 e. The van der Waals surface area contributed by atoms with E-state index >= 15 is 0 Å². The quantitative estimate of drug-likeness (QED) is 0.591. The molecule has 0 atom stereocenters. The molecule has 0 saturated heterocycles. The molecule has 0 fully saturated rings. The van der Waals surface area contributed by atoms with Crippen molar-refractivity contribution in [1.29, 1.82) is 0 Å². The Hall–Kier alpha value is -1.22. The number of hydrogen-bond donors (Lipinski definition) is 0. The van der Waals surface area contributed by atoms with Gasteiger partial charge in [0.2, 0.25) is 0 Å². The second kappa shape index (κ2) is 2.43. The molecule has 2 nitrogen and oxygen atoms in total. The van der Waals surface area contributed by atoms with E-state index in [1.165, 1.54) is 23.6 Å².